The van der Waals surface area contributed by atoms with Gasteiger partial charge in [0.2, 0.25) is 12.2 Å². The minimum Gasteiger partial charge on any atom is -0.458 e. The van der Waals surface area contributed by atoms with Crippen LogP contribution in [-0.4, -0.2) is 42.4 Å². The lowest BCUT2D eigenvalue weighted by Crippen LogP contribution is -2.56. The first-order valence-corrected chi connectivity index (χ1v) is 6.06. The Morgan fingerprint density at radius 2 is 1.68 bits per heavy atom. The van der Waals surface area contributed by atoms with Gasteiger partial charge in [-0.2, -0.15) is 0 Å². The Balaban J connectivity index is 2.77. The molecule has 108 valence electrons. The van der Waals surface area contributed by atoms with Crippen LogP contribution in [0.4, 0.5) is 0 Å². The lowest BCUT2D eigenvalue weighted by atomic mass is 9.99. The standard InChI is InChI=1S/C12H19NO6/c1-6-12(19-9(4)16)10(13-7(2)14)5-11(17-6)18-8(3)15/h6,10-12H,5H2,1-4H3,(H,13,14)/t6-,10-,11+,12+/m0/s1. The fourth-order valence-electron chi connectivity index (χ4n) is 2.07. The van der Waals surface area contributed by atoms with Crippen molar-refractivity contribution in [1.82, 2.24) is 5.32 Å². The van der Waals surface area contributed by atoms with Crippen molar-refractivity contribution in [2.45, 2.75) is 58.7 Å². The van der Waals surface area contributed by atoms with E-state index in [-0.39, 0.29) is 12.3 Å². The Morgan fingerprint density at radius 3 is 2.16 bits per heavy atom. The maximum absolute atomic E-state index is 11.2. The van der Waals surface area contributed by atoms with Crippen LogP contribution in [0.5, 0.6) is 0 Å². The van der Waals surface area contributed by atoms with E-state index in [0.717, 1.165) is 0 Å². The topological polar surface area (TPSA) is 90.9 Å². The monoisotopic (exact) mass is 273 g/mol. The zero-order chi connectivity index (χ0) is 14.6. The van der Waals surface area contributed by atoms with Gasteiger partial charge in [0.05, 0.1) is 12.1 Å². The summed E-state index contributed by atoms with van der Waals surface area (Å²) in [6.07, 6.45) is -1.61. The van der Waals surface area contributed by atoms with E-state index < -0.39 is 36.5 Å². The summed E-state index contributed by atoms with van der Waals surface area (Å²) < 4.78 is 15.6. The van der Waals surface area contributed by atoms with Crippen molar-refractivity contribution < 1.29 is 28.6 Å². The first kappa shape index (κ1) is 15.4. The predicted octanol–water partition coefficient (Wildman–Crippen LogP) is 0.121. The van der Waals surface area contributed by atoms with E-state index in [4.69, 9.17) is 14.2 Å². The van der Waals surface area contributed by atoms with Gasteiger partial charge in [0.25, 0.3) is 0 Å². The van der Waals surface area contributed by atoms with E-state index in [0.29, 0.717) is 0 Å². The van der Waals surface area contributed by atoms with Crippen LogP contribution in [0.25, 0.3) is 0 Å². The molecule has 1 fully saturated rings. The third kappa shape index (κ3) is 4.86. The molecule has 1 N–H and O–H groups in total. The van der Waals surface area contributed by atoms with E-state index in [1.54, 1.807) is 6.92 Å². The largest absolute Gasteiger partial charge is 0.458 e. The van der Waals surface area contributed by atoms with Crippen LogP contribution in [-0.2, 0) is 28.6 Å². The van der Waals surface area contributed by atoms with Crippen molar-refractivity contribution in [3.8, 4) is 0 Å². The second-order valence-corrected chi connectivity index (χ2v) is 4.50. The highest BCUT2D eigenvalue weighted by molar-refractivity contribution is 5.73. The Kier molecular flexibility index (Phi) is 5.29. The summed E-state index contributed by atoms with van der Waals surface area (Å²) in [6.45, 7) is 5.62. The number of esters is 2. The van der Waals surface area contributed by atoms with Crippen molar-refractivity contribution in [3.63, 3.8) is 0 Å². The summed E-state index contributed by atoms with van der Waals surface area (Å²) in [5.74, 6) is -1.18. The van der Waals surface area contributed by atoms with Gasteiger partial charge in [0.15, 0.2) is 0 Å². The lowest BCUT2D eigenvalue weighted by molar-refractivity contribution is -0.229. The Labute approximate surface area is 111 Å². The van der Waals surface area contributed by atoms with Crippen LogP contribution in [0, 0.1) is 0 Å². The molecule has 4 atom stereocenters. The fraction of sp³-hybridized carbons (Fsp3) is 0.750. The number of carbonyl (C=O) groups excluding carboxylic acids is 3. The molecule has 0 spiro atoms. The van der Waals surface area contributed by atoms with E-state index >= 15 is 0 Å². The summed E-state index contributed by atoms with van der Waals surface area (Å²) in [5.41, 5.74) is 0. The van der Waals surface area contributed by atoms with Gasteiger partial charge in [-0.25, -0.2) is 0 Å². The summed E-state index contributed by atoms with van der Waals surface area (Å²) in [5, 5.41) is 2.68. The molecule has 1 heterocycles. The van der Waals surface area contributed by atoms with Crippen LogP contribution in [0.2, 0.25) is 0 Å². The number of ether oxygens (including phenoxy) is 3. The highest BCUT2D eigenvalue weighted by atomic mass is 16.7. The van der Waals surface area contributed by atoms with Gasteiger partial charge in [-0.3, -0.25) is 14.4 Å². The molecule has 0 aromatic carbocycles. The number of amides is 1. The van der Waals surface area contributed by atoms with E-state index in [1.807, 2.05) is 0 Å². The third-order valence-electron chi connectivity index (χ3n) is 2.66. The summed E-state index contributed by atoms with van der Waals surface area (Å²) >= 11 is 0. The second kappa shape index (κ2) is 6.51. The molecule has 0 bridgehead atoms. The van der Waals surface area contributed by atoms with E-state index in [1.165, 1.54) is 20.8 Å². The molecular formula is C12H19NO6. The zero-order valence-electron chi connectivity index (χ0n) is 11.5. The number of nitrogens with one attached hydrogen (secondary N) is 1. The van der Waals surface area contributed by atoms with Crippen LogP contribution >= 0.6 is 0 Å². The van der Waals surface area contributed by atoms with E-state index in [9.17, 15) is 14.4 Å². The predicted molar refractivity (Wildman–Crippen MR) is 63.9 cm³/mol. The number of rotatable bonds is 3. The molecule has 1 rings (SSSR count). The molecule has 7 heteroatoms. The van der Waals surface area contributed by atoms with Crippen molar-refractivity contribution in [2.24, 2.45) is 0 Å². The van der Waals surface area contributed by atoms with Gasteiger partial charge in [-0.05, 0) is 6.92 Å². The molecule has 19 heavy (non-hydrogen) atoms. The molecule has 0 aliphatic carbocycles. The lowest BCUT2D eigenvalue weighted by Gasteiger charge is -2.39. The highest BCUT2D eigenvalue weighted by Gasteiger charge is 2.40. The summed E-state index contributed by atoms with van der Waals surface area (Å²) in [6, 6.07) is -0.450. The van der Waals surface area contributed by atoms with Crippen molar-refractivity contribution >= 4 is 17.8 Å². The van der Waals surface area contributed by atoms with E-state index in [2.05, 4.69) is 5.32 Å². The van der Waals surface area contributed by atoms with Gasteiger partial charge >= 0.3 is 11.9 Å². The van der Waals surface area contributed by atoms with Crippen molar-refractivity contribution in [2.75, 3.05) is 0 Å². The van der Waals surface area contributed by atoms with Crippen molar-refractivity contribution in [3.05, 3.63) is 0 Å². The number of hydrogen-bond donors (Lipinski definition) is 1. The molecule has 0 radical (unpaired) electrons. The molecule has 0 saturated carbocycles. The normalized spacial score (nSPS) is 30.3. The van der Waals surface area contributed by atoms with Gasteiger partial charge in [-0.1, -0.05) is 0 Å². The van der Waals surface area contributed by atoms with Crippen LogP contribution < -0.4 is 5.32 Å². The SMILES string of the molecule is CC(=O)N[C@H]1C[C@@H](OC(C)=O)O[C@@H](C)[C@H]1OC(C)=O. The molecular weight excluding hydrogens is 254 g/mol. The third-order valence-corrected chi connectivity index (χ3v) is 2.66. The molecule has 0 aromatic heterocycles. The summed E-state index contributed by atoms with van der Waals surface area (Å²) in [4.78, 5) is 33.2. The average Bonchev–Trinajstić information content (AvgIpc) is 2.21. The van der Waals surface area contributed by atoms with Gasteiger partial charge in [-0.15, -0.1) is 0 Å². The second-order valence-electron chi connectivity index (χ2n) is 4.50. The fourth-order valence-corrected chi connectivity index (χ4v) is 2.07. The molecule has 1 aliphatic rings. The maximum Gasteiger partial charge on any atom is 0.304 e. The molecule has 1 aliphatic heterocycles. The van der Waals surface area contributed by atoms with Gasteiger partial charge in [0.1, 0.15) is 6.10 Å². The summed E-state index contributed by atoms with van der Waals surface area (Å²) in [7, 11) is 0. The Morgan fingerprint density at radius 1 is 1.11 bits per heavy atom. The Hall–Kier alpha value is -1.63. The minimum absolute atomic E-state index is 0.238. The molecule has 1 amide bonds. The first-order valence-electron chi connectivity index (χ1n) is 6.06. The minimum atomic E-state index is -0.754. The zero-order valence-corrected chi connectivity index (χ0v) is 11.5. The van der Waals surface area contributed by atoms with Gasteiger partial charge in [0, 0.05) is 27.2 Å². The van der Waals surface area contributed by atoms with Gasteiger partial charge < -0.3 is 19.5 Å². The van der Waals surface area contributed by atoms with Crippen molar-refractivity contribution in [1.29, 1.82) is 0 Å². The maximum atomic E-state index is 11.2. The highest BCUT2D eigenvalue weighted by Crippen LogP contribution is 2.24. The molecule has 7 nitrogen and oxygen atoms in total. The molecule has 0 aromatic rings. The van der Waals surface area contributed by atoms with Crippen LogP contribution in [0.3, 0.4) is 0 Å². The smallest absolute Gasteiger partial charge is 0.304 e. The quantitative estimate of drug-likeness (QED) is 0.734. The number of hydrogen-bond acceptors (Lipinski definition) is 6. The average molecular weight is 273 g/mol. The van der Waals surface area contributed by atoms with Crippen LogP contribution in [0.1, 0.15) is 34.1 Å². The van der Waals surface area contributed by atoms with Crippen LogP contribution in [0.15, 0.2) is 0 Å². The first-order chi connectivity index (χ1) is 8.79. The molecule has 0 unspecified atom stereocenters. The number of carbonyl (C=O) groups is 3. The Bertz CT molecular complexity index is 369. The molecule has 1 saturated heterocycles.